The first-order valence-corrected chi connectivity index (χ1v) is 7.80. The number of carbonyl (C=O) groups excluding carboxylic acids is 2. The Kier molecular flexibility index (Phi) is 4.24. The highest BCUT2D eigenvalue weighted by Gasteiger charge is 2.28. The summed E-state index contributed by atoms with van der Waals surface area (Å²) in [4.78, 5) is 28.5. The largest absolute Gasteiger partial charge is 0.497 e. The van der Waals surface area contributed by atoms with E-state index in [1.165, 1.54) is 0 Å². The minimum Gasteiger partial charge on any atom is -0.497 e. The molecule has 2 aromatic rings. The first-order valence-electron chi connectivity index (χ1n) is 7.80. The van der Waals surface area contributed by atoms with E-state index in [1.807, 2.05) is 38.1 Å². The fourth-order valence-corrected chi connectivity index (χ4v) is 2.67. The number of benzene rings is 1. The van der Waals surface area contributed by atoms with Gasteiger partial charge in [0.15, 0.2) is 5.82 Å². The summed E-state index contributed by atoms with van der Waals surface area (Å²) in [5.41, 5.74) is 1.22. The lowest BCUT2D eigenvalue weighted by atomic mass is 10.1. The van der Waals surface area contributed by atoms with E-state index in [0.717, 1.165) is 11.3 Å². The highest BCUT2D eigenvalue weighted by atomic mass is 16.5. The maximum absolute atomic E-state index is 12.3. The molecule has 0 saturated heterocycles. The maximum atomic E-state index is 12.3. The minimum absolute atomic E-state index is 0.0112. The van der Waals surface area contributed by atoms with E-state index in [4.69, 9.17) is 4.74 Å². The van der Waals surface area contributed by atoms with Crippen molar-refractivity contribution in [1.29, 1.82) is 0 Å². The number of aromatic nitrogens is 2. The van der Waals surface area contributed by atoms with Crippen molar-refractivity contribution in [2.24, 2.45) is 0 Å². The number of imidazole rings is 1. The van der Waals surface area contributed by atoms with Gasteiger partial charge in [-0.25, -0.2) is 4.98 Å². The zero-order chi connectivity index (χ0) is 17.3. The summed E-state index contributed by atoms with van der Waals surface area (Å²) in [6, 6.07) is 7.37. The fraction of sp³-hybridized carbons (Fsp3) is 0.353. The molecule has 2 heterocycles. The quantitative estimate of drug-likeness (QED) is 0.891. The molecular weight excluding hydrogens is 308 g/mol. The molecule has 7 nitrogen and oxygen atoms in total. The molecule has 2 amide bonds. The van der Waals surface area contributed by atoms with Crippen LogP contribution in [0.5, 0.6) is 5.75 Å². The highest BCUT2D eigenvalue weighted by Crippen LogP contribution is 2.23. The molecule has 0 aliphatic carbocycles. The van der Waals surface area contributed by atoms with Crippen molar-refractivity contribution >= 4 is 11.8 Å². The standard InChI is InChI=1S/C17H20N4O3/c1-10(2)18-16(22)14-9-21-8-13(20-17(23)15(21)19-14)11-4-6-12(24-3)7-5-11/h4-7,9-10,13H,8H2,1-3H3,(H,18,22)(H,20,23). The lowest BCUT2D eigenvalue weighted by Crippen LogP contribution is -2.38. The van der Waals surface area contributed by atoms with Gasteiger partial charge in [0.25, 0.3) is 11.8 Å². The Balaban J connectivity index is 1.83. The van der Waals surface area contributed by atoms with Crippen molar-refractivity contribution in [3.63, 3.8) is 0 Å². The summed E-state index contributed by atoms with van der Waals surface area (Å²) in [5, 5.41) is 5.70. The topological polar surface area (TPSA) is 85.2 Å². The van der Waals surface area contributed by atoms with Crippen LogP contribution in [-0.2, 0) is 6.54 Å². The van der Waals surface area contributed by atoms with Crippen LogP contribution in [0, 0.1) is 0 Å². The molecule has 1 aliphatic heterocycles. The van der Waals surface area contributed by atoms with E-state index in [1.54, 1.807) is 17.9 Å². The molecule has 24 heavy (non-hydrogen) atoms. The maximum Gasteiger partial charge on any atom is 0.287 e. The molecule has 0 bridgehead atoms. The van der Waals surface area contributed by atoms with Gasteiger partial charge in [-0.15, -0.1) is 0 Å². The minimum atomic E-state index is -0.286. The van der Waals surface area contributed by atoms with Gasteiger partial charge < -0.3 is 19.9 Å². The monoisotopic (exact) mass is 328 g/mol. The summed E-state index contributed by atoms with van der Waals surface area (Å²) < 4.78 is 6.87. The number of methoxy groups -OCH3 is 1. The van der Waals surface area contributed by atoms with Crippen molar-refractivity contribution in [2.75, 3.05) is 7.11 Å². The number of carbonyl (C=O) groups is 2. The molecule has 126 valence electrons. The SMILES string of the molecule is COc1ccc(C2Cn3cc(C(=O)NC(C)C)nc3C(=O)N2)cc1. The number of ether oxygens (including phenoxy) is 1. The van der Waals surface area contributed by atoms with E-state index >= 15 is 0 Å². The first-order chi connectivity index (χ1) is 11.5. The lowest BCUT2D eigenvalue weighted by Gasteiger charge is -2.25. The van der Waals surface area contributed by atoms with Crippen LogP contribution in [0.3, 0.4) is 0 Å². The number of nitrogens with zero attached hydrogens (tertiary/aromatic N) is 2. The Morgan fingerprint density at radius 1 is 1.38 bits per heavy atom. The van der Waals surface area contributed by atoms with Crippen LogP contribution in [0.1, 0.15) is 46.6 Å². The molecule has 1 aromatic heterocycles. The normalized spacial score (nSPS) is 16.5. The summed E-state index contributed by atoms with van der Waals surface area (Å²) in [7, 11) is 1.61. The predicted octanol–water partition coefficient (Wildman–Crippen LogP) is 1.51. The van der Waals surface area contributed by atoms with E-state index in [0.29, 0.717) is 6.54 Å². The number of nitrogens with one attached hydrogen (secondary N) is 2. The Labute approximate surface area is 140 Å². The van der Waals surface area contributed by atoms with Gasteiger partial charge in [-0.3, -0.25) is 9.59 Å². The second kappa shape index (κ2) is 6.35. The van der Waals surface area contributed by atoms with E-state index < -0.39 is 0 Å². The average molecular weight is 328 g/mol. The van der Waals surface area contributed by atoms with Crippen molar-refractivity contribution in [1.82, 2.24) is 20.2 Å². The van der Waals surface area contributed by atoms with Gasteiger partial charge in [0, 0.05) is 18.8 Å². The van der Waals surface area contributed by atoms with Crippen molar-refractivity contribution < 1.29 is 14.3 Å². The predicted molar refractivity (Wildman–Crippen MR) is 88.0 cm³/mol. The molecule has 1 atom stereocenters. The van der Waals surface area contributed by atoms with Crippen LogP contribution in [0.15, 0.2) is 30.5 Å². The first kappa shape index (κ1) is 16.0. The summed E-state index contributed by atoms with van der Waals surface area (Å²) in [6.07, 6.45) is 1.63. The Bertz CT molecular complexity index is 765. The van der Waals surface area contributed by atoms with Gasteiger partial charge in [0.1, 0.15) is 11.4 Å². The highest BCUT2D eigenvalue weighted by molar-refractivity contribution is 5.96. The Morgan fingerprint density at radius 2 is 2.08 bits per heavy atom. The molecule has 0 fully saturated rings. The molecule has 1 aliphatic rings. The second-order valence-electron chi connectivity index (χ2n) is 6.03. The van der Waals surface area contributed by atoms with Crippen molar-refractivity contribution in [3.8, 4) is 5.75 Å². The van der Waals surface area contributed by atoms with Crippen LogP contribution < -0.4 is 15.4 Å². The van der Waals surface area contributed by atoms with Gasteiger partial charge in [-0.1, -0.05) is 12.1 Å². The molecule has 1 unspecified atom stereocenters. The molecule has 3 rings (SSSR count). The molecule has 1 aromatic carbocycles. The number of hydrogen-bond donors (Lipinski definition) is 2. The molecule has 0 radical (unpaired) electrons. The van der Waals surface area contributed by atoms with E-state index in [9.17, 15) is 9.59 Å². The number of rotatable bonds is 4. The second-order valence-corrected chi connectivity index (χ2v) is 6.03. The van der Waals surface area contributed by atoms with Crippen molar-refractivity contribution in [3.05, 3.63) is 47.5 Å². The Morgan fingerprint density at radius 3 is 2.71 bits per heavy atom. The van der Waals surface area contributed by atoms with Crippen molar-refractivity contribution in [2.45, 2.75) is 32.5 Å². The molecular formula is C17H20N4O3. The molecule has 0 spiro atoms. The van der Waals surface area contributed by atoms with Crippen LogP contribution >= 0.6 is 0 Å². The number of amides is 2. The van der Waals surface area contributed by atoms with Gasteiger partial charge in [0.05, 0.1) is 13.2 Å². The molecule has 2 N–H and O–H groups in total. The van der Waals surface area contributed by atoms with E-state index in [2.05, 4.69) is 15.6 Å². The fourth-order valence-electron chi connectivity index (χ4n) is 2.67. The summed E-state index contributed by atoms with van der Waals surface area (Å²) in [5.74, 6) is 0.455. The van der Waals surface area contributed by atoms with Crippen LogP contribution in [0.4, 0.5) is 0 Å². The smallest absolute Gasteiger partial charge is 0.287 e. The van der Waals surface area contributed by atoms with E-state index in [-0.39, 0.29) is 35.4 Å². The molecule has 0 saturated carbocycles. The Hall–Kier alpha value is -2.83. The van der Waals surface area contributed by atoms with Gasteiger partial charge in [-0.05, 0) is 31.5 Å². The van der Waals surface area contributed by atoms with Crippen LogP contribution in [0.2, 0.25) is 0 Å². The average Bonchev–Trinajstić information content (AvgIpc) is 2.99. The summed E-state index contributed by atoms with van der Waals surface area (Å²) >= 11 is 0. The lowest BCUT2D eigenvalue weighted by molar-refractivity contribution is 0.0894. The zero-order valence-corrected chi connectivity index (χ0v) is 13.9. The third kappa shape index (κ3) is 3.10. The molecule has 7 heteroatoms. The third-order valence-corrected chi connectivity index (χ3v) is 3.83. The van der Waals surface area contributed by atoms with Gasteiger partial charge in [-0.2, -0.15) is 0 Å². The number of hydrogen-bond acceptors (Lipinski definition) is 4. The third-order valence-electron chi connectivity index (χ3n) is 3.83. The van der Waals surface area contributed by atoms with Gasteiger partial charge in [0.2, 0.25) is 0 Å². The number of fused-ring (bicyclic) bond motifs is 1. The summed E-state index contributed by atoms with van der Waals surface area (Å²) in [6.45, 7) is 4.27. The van der Waals surface area contributed by atoms with Crippen LogP contribution in [-0.4, -0.2) is 34.5 Å². The zero-order valence-electron chi connectivity index (χ0n) is 13.9. The van der Waals surface area contributed by atoms with Crippen LogP contribution in [0.25, 0.3) is 0 Å². The van der Waals surface area contributed by atoms with Gasteiger partial charge >= 0.3 is 0 Å².